The predicted octanol–water partition coefficient (Wildman–Crippen LogP) is 9.24. The molecule has 1 unspecified atom stereocenters. The minimum absolute atomic E-state index is 1.19. The van der Waals surface area contributed by atoms with Gasteiger partial charge in [0.1, 0.15) is 0 Å². The van der Waals surface area contributed by atoms with Crippen molar-refractivity contribution in [2.75, 3.05) is 0 Å². The molecule has 10 aromatic rings. The Labute approximate surface area is 297 Å². The van der Waals surface area contributed by atoms with Crippen LogP contribution in [0.15, 0.2) is 194 Å². The highest BCUT2D eigenvalue weighted by Gasteiger charge is 2.49. The molecule has 0 radical (unpaired) electrons. The summed E-state index contributed by atoms with van der Waals surface area (Å²) in [5.41, 5.74) is 10.00. The second-order valence-corrected chi connectivity index (χ2v) is 17.4. The van der Waals surface area contributed by atoms with Gasteiger partial charge in [0.15, 0.2) is 8.07 Å². The third kappa shape index (κ3) is 3.87. The van der Waals surface area contributed by atoms with Gasteiger partial charge in [0.2, 0.25) is 0 Å². The second-order valence-electron chi connectivity index (χ2n) is 13.7. The van der Waals surface area contributed by atoms with Crippen molar-refractivity contribution in [3.63, 3.8) is 0 Å². The average molecular weight is 665 g/mol. The standard InChI is InChI=1S/C48H32N2Si/c1-2-16-35(17-3-1)51(36-18-14-15-33(31-36)49-43-24-9-4-19-37(43)38-20-5-10-25-44(38)49)47-28-13-8-23-41(47)42-30-29-34(32-48(42)51)50-45-26-11-6-21-39(45)40-22-7-12-27-46(40)50/h1-32H. The number of nitrogens with zero attached hydrogens (tertiary/aromatic N) is 2. The van der Waals surface area contributed by atoms with Crippen LogP contribution in [0.3, 0.4) is 0 Å². The van der Waals surface area contributed by atoms with Crippen molar-refractivity contribution >= 4 is 72.4 Å². The van der Waals surface area contributed by atoms with E-state index in [-0.39, 0.29) is 0 Å². The fourth-order valence-corrected chi connectivity index (χ4v) is 14.4. The first-order chi connectivity index (χ1) is 25.3. The molecule has 3 heterocycles. The molecule has 238 valence electrons. The first-order valence-electron chi connectivity index (χ1n) is 17.7. The molecule has 11 rings (SSSR count). The summed E-state index contributed by atoms with van der Waals surface area (Å²) in [6.07, 6.45) is 0. The largest absolute Gasteiger partial charge is 0.309 e. The Bertz CT molecular complexity index is 2880. The molecule has 8 aromatic carbocycles. The van der Waals surface area contributed by atoms with Crippen LogP contribution in [0.2, 0.25) is 0 Å². The first-order valence-corrected chi connectivity index (χ1v) is 19.7. The number of fused-ring (bicyclic) bond motifs is 9. The molecular formula is C48H32N2Si. The van der Waals surface area contributed by atoms with Crippen LogP contribution in [0.5, 0.6) is 0 Å². The summed E-state index contributed by atoms with van der Waals surface area (Å²) in [4.78, 5) is 0. The molecule has 1 aliphatic heterocycles. The van der Waals surface area contributed by atoms with E-state index in [1.807, 2.05) is 0 Å². The molecular weight excluding hydrogens is 633 g/mol. The van der Waals surface area contributed by atoms with Gasteiger partial charge in [-0.15, -0.1) is 0 Å². The molecule has 0 amide bonds. The van der Waals surface area contributed by atoms with E-state index in [2.05, 4.69) is 203 Å². The van der Waals surface area contributed by atoms with E-state index < -0.39 is 8.07 Å². The molecule has 0 bridgehead atoms. The monoisotopic (exact) mass is 664 g/mol. The van der Waals surface area contributed by atoms with Crippen LogP contribution in [0.1, 0.15) is 0 Å². The smallest absolute Gasteiger partial charge is 0.181 e. The summed E-state index contributed by atoms with van der Waals surface area (Å²) < 4.78 is 4.92. The van der Waals surface area contributed by atoms with Crippen LogP contribution in [0.4, 0.5) is 0 Å². The van der Waals surface area contributed by atoms with Crippen molar-refractivity contribution in [2.24, 2.45) is 0 Å². The van der Waals surface area contributed by atoms with Crippen molar-refractivity contribution < 1.29 is 0 Å². The topological polar surface area (TPSA) is 9.86 Å². The number of aromatic nitrogens is 2. The molecule has 0 spiro atoms. The lowest BCUT2D eigenvalue weighted by Gasteiger charge is -2.32. The maximum absolute atomic E-state index is 2.81. The summed E-state index contributed by atoms with van der Waals surface area (Å²) >= 11 is 0. The molecule has 3 heteroatoms. The maximum Gasteiger partial charge on any atom is 0.181 e. The normalized spacial score (nSPS) is 15.1. The van der Waals surface area contributed by atoms with Crippen molar-refractivity contribution in [1.29, 1.82) is 0 Å². The minimum atomic E-state index is -2.81. The summed E-state index contributed by atoms with van der Waals surface area (Å²) in [5.74, 6) is 0. The Kier molecular flexibility index (Phi) is 6.01. The zero-order valence-electron chi connectivity index (χ0n) is 27.9. The van der Waals surface area contributed by atoms with E-state index in [0.29, 0.717) is 0 Å². The van der Waals surface area contributed by atoms with Crippen molar-refractivity contribution in [3.05, 3.63) is 194 Å². The number of hydrogen-bond donors (Lipinski definition) is 0. The SMILES string of the molecule is c1ccc([Si]2(c3cccc(-n4c5ccccc5c5ccccc54)c3)c3ccccc3-c3ccc(-n4c5ccccc5c5ccccc54)cc32)cc1. The van der Waals surface area contributed by atoms with Gasteiger partial charge in [-0.2, -0.15) is 0 Å². The van der Waals surface area contributed by atoms with E-state index in [9.17, 15) is 0 Å². The molecule has 1 aliphatic rings. The predicted molar refractivity (Wildman–Crippen MR) is 218 cm³/mol. The minimum Gasteiger partial charge on any atom is -0.309 e. The Morgan fingerprint density at radius 3 is 1.33 bits per heavy atom. The highest BCUT2D eigenvalue weighted by Crippen LogP contribution is 2.36. The van der Waals surface area contributed by atoms with E-state index in [1.165, 1.54) is 86.9 Å². The summed E-state index contributed by atoms with van der Waals surface area (Å²) in [6.45, 7) is 0. The fraction of sp³-hybridized carbons (Fsp3) is 0. The van der Waals surface area contributed by atoms with Crippen molar-refractivity contribution in [2.45, 2.75) is 0 Å². The zero-order chi connectivity index (χ0) is 33.5. The lowest BCUT2D eigenvalue weighted by molar-refractivity contribution is 1.18. The Morgan fingerprint density at radius 1 is 0.294 bits per heavy atom. The summed E-state index contributed by atoms with van der Waals surface area (Å²) in [7, 11) is -2.81. The Morgan fingerprint density at radius 2 is 0.745 bits per heavy atom. The quantitative estimate of drug-likeness (QED) is 0.166. The number of hydrogen-bond acceptors (Lipinski definition) is 0. The zero-order valence-corrected chi connectivity index (χ0v) is 28.9. The van der Waals surface area contributed by atoms with Gasteiger partial charge < -0.3 is 9.13 Å². The van der Waals surface area contributed by atoms with Gasteiger partial charge in [-0.1, -0.05) is 146 Å². The number of para-hydroxylation sites is 4. The number of benzene rings is 8. The fourth-order valence-electron chi connectivity index (χ4n) is 9.16. The van der Waals surface area contributed by atoms with Crippen LogP contribution in [-0.4, -0.2) is 17.2 Å². The maximum atomic E-state index is 2.53. The molecule has 51 heavy (non-hydrogen) atoms. The number of rotatable bonds is 4. The van der Waals surface area contributed by atoms with Gasteiger partial charge in [-0.05, 0) is 80.4 Å². The average Bonchev–Trinajstić information content (AvgIpc) is 3.83. The Balaban J connectivity index is 1.24. The van der Waals surface area contributed by atoms with Gasteiger partial charge in [0.25, 0.3) is 0 Å². The van der Waals surface area contributed by atoms with Crippen LogP contribution in [0, 0.1) is 0 Å². The van der Waals surface area contributed by atoms with E-state index >= 15 is 0 Å². The first kappa shape index (κ1) is 28.4. The molecule has 0 aliphatic carbocycles. The highest BCUT2D eigenvalue weighted by molar-refractivity contribution is 7.22. The van der Waals surface area contributed by atoms with Crippen molar-refractivity contribution in [3.8, 4) is 22.5 Å². The van der Waals surface area contributed by atoms with Crippen molar-refractivity contribution in [1.82, 2.24) is 9.13 Å². The molecule has 2 nitrogen and oxygen atoms in total. The molecule has 0 fully saturated rings. The second kappa shape index (κ2) is 10.8. The van der Waals surface area contributed by atoms with Crippen LogP contribution in [-0.2, 0) is 0 Å². The summed E-state index contributed by atoms with van der Waals surface area (Å²) in [5, 5.41) is 10.8. The van der Waals surface area contributed by atoms with E-state index in [4.69, 9.17) is 0 Å². The van der Waals surface area contributed by atoms with Gasteiger partial charge >= 0.3 is 0 Å². The van der Waals surface area contributed by atoms with Gasteiger partial charge in [0.05, 0.1) is 22.1 Å². The molecule has 0 N–H and O–H groups in total. The Hall–Kier alpha value is -6.42. The van der Waals surface area contributed by atoms with Gasteiger partial charge in [0, 0.05) is 32.9 Å². The van der Waals surface area contributed by atoms with Crippen LogP contribution < -0.4 is 20.7 Å². The third-order valence-electron chi connectivity index (χ3n) is 11.2. The molecule has 0 saturated carbocycles. The molecule has 2 aromatic heterocycles. The van der Waals surface area contributed by atoms with Crippen LogP contribution >= 0.6 is 0 Å². The third-order valence-corrected chi connectivity index (χ3v) is 16.0. The van der Waals surface area contributed by atoms with Crippen LogP contribution in [0.25, 0.3) is 66.1 Å². The molecule has 0 saturated heterocycles. The lowest BCUT2D eigenvalue weighted by atomic mass is 10.1. The highest BCUT2D eigenvalue weighted by atomic mass is 28.3. The van der Waals surface area contributed by atoms with E-state index in [0.717, 1.165) is 0 Å². The van der Waals surface area contributed by atoms with Gasteiger partial charge in [-0.3, -0.25) is 0 Å². The van der Waals surface area contributed by atoms with E-state index in [1.54, 1.807) is 0 Å². The summed E-state index contributed by atoms with van der Waals surface area (Å²) in [6, 6.07) is 72.5. The lowest BCUT2D eigenvalue weighted by Crippen LogP contribution is -2.72. The molecule has 1 atom stereocenters. The van der Waals surface area contributed by atoms with Gasteiger partial charge in [-0.25, -0.2) is 0 Å².